The van der Waals surface area contributed by atoms with E-state index in [1.165, 1.54) is 12.3 Å². The van der Waals surface area contributed by atoms with Gasteiger partial charge in [-0.15, -0.1) is 0 Å². The molecule has 4 heteroatoms. The van der Waals surface area contributed by atoms with Crippen LogP contribution >= 0.6 is 0 Å². The molecule has 1 N–H and O–H groups in total. The van der Waals surface area contributed by atoms with Crippen LogP contribution in [0.5, 0.6) is 11.6 Å². The van der Waals surface area contributed by atoms with Gasteiger partial charge < -0.3 is 9.84 Å². The third-order valence-electron chi connectivity index (χ3n) is 2.54. The fraction of sp³-hybridized carbons (Fsp3) is 0.143. The molecule has 1 aromatic heterocycles. The first kappa shape index (κ1) is 12.1. The standard InChI is InChI=1S/C14H13NO3/c1-9-3-4-10(2)12(7-9)18-13-6-5-11(8-15-13)14(16)17/h3-8H,1-2H3,(H,16,17). The Bertz CT molecular complexity index is 576. The highest BCUT2D eigenvalue weighted by molar-refractivity contribution is 5.87. The lowest BCUT2D eigenvalue weighted by molar-refractivity contribution is 0.0696. The van der Waals surface area contributed by atoms with Crippen LogP contribution in [-0.2, 0) is 0 Å². The second kappa shape index (κ2) is 4.87. The zero-order valence-corrected chi connectivity index (χ0v) is 10.2. The van der Waals surface area contributed by atoms with Crippen molar-refractivity contribution in [3.63, 3.8) is 0 Å². The van der Waals surface area contributed by atoms with Crippen LogP contribution in [-0.4, -0.2) is 16.1 Å². The number of hydrogen-bond donors (Lipinski definition) is 1. The van der Waals surface area contributed by atoms with Gasteiger partial charge in [-0.1, -0.05) is 12.1 Å². The maximum absolute atomic E-state index is 10.7. The van der Waals surface area contributed by atoms with Gasteiger partial charge in [-0.25, -0.2) is 9.78 Å². The van der Waals surface area contributed by atoms with E-state index in [-0.39, 0.29) is 5.56 Å². The van der Waals surface area contributed by atoms with Gasteiger partial charge in [-0.3, -0.25) is 0 Å². The largest absolute Gasteiger partial charge is 0.478 e. The van der Waals surface area contributed by atoms with Gasteiger partial charge in [0.2, 0.25) is 5.88 Å². The first-order chi connectivity index (χ1) is 8.56. The molecule has 0 aliphatic heterocycles. The maximum atomic E-state index is 10.7. The normalized spacial score (nSPS) is 10.1. The molecule has 2 rings (SSSR count). The van der Waals surface area contributed by atoms with E-state index in [4.69, 9.17) is 9.84 Å². The van der Waals surface area contributed by atoms with Crippen LogP contribution in [0.3, 0.4) is 0 Å². The lowest BCUT2D eigenvalue weighted by atomic mass is 10.1. The van der Waals surface area contributed by atoms with Crippen molar-refractivity contribution < 1.29 is 14.6 Å². The molecule has 0 bridgehead atoms. The Morgan fingerprint density at radius 3 is 2.61 bits per heavy atom. The van der Waals surface area contributed by atoms with Crippen molar-refractivity contribution in [2.75, 3.05) is 0 Å². The number of rotatable bonds is 3. The molecule has 0 radical (unpaired) electrons. The average Bonchev–Trinajstić information content (AvgIpc) is 2.34. The van der Waals surface area contributed by atoms with Gasteiger partial charge in [-0.05, 0) is 37.1 Å². The first-order valence-corrected chi connectivity index (χ1v) is 5.51. The topological polar surface area (TPSA) is 59.4 Å². The molecule has 0 fully saturated rings. The summed E-state index contributed by atoms with van der Waals surface area (Å²) in [5.41, 5.74) is 2.24. The minimum absolute atomic E-state index is 0.142. The van der Waals surface area contributed by atoms with Gasteiger partial charge in [0.05, 0.1) is 5.56 Å². The quantitative estimate of drug-likeness (QED) is 0.899. The lowest BCUT2D eigenvalue weighted by Crippen LogP contribution is -1.97. The number of aromatic carboxylic acids is 1. The Balaban J connectivity index is 2.23. The summed E-state index contributed by atoms with van der Waals surface area (Å²) < 4.78 is 5.62. The van der Waals surface area contributed by atoms with Gasteiger partial charge in [-0.2, -0.15) is 0 Å². The Kier molecular flexibility index (Phi) is 3.28. The van der Waals surface area contributed by atoms with Crippen LogP contribution in [0.1, 0.15) is 21.5 Å². The highest BCUT2D eigenvalue weighted by Gasteiger charge is 2.06. The number of carbonyl (C=O) groups is 1. The van der Waals surface area contributed by atoms with Crippen LogP contribution in [0.4, 0.5) is 0 Å². The number of hydrogen-bond acceptors (Lipinski definition) is 3. The number of aryl methyl sites for hydroxylation is 2. The summed E-state index contributed by atoms with van der Waals surface area (Å²) in [5.74, 6) is 0.111. The summed E-state index contributed by atoms with van der Waals surface area (Å²) in [6, 6.07) is 8.91. The number of benzene rings is 1. The third kappa shape index (κ3) is 2.66. The lowest BCUT2D eigenvalue weighted by Gasteiger charge is -2.08. The highest BCUT2D eigenvalue weighted by atomic mass is 16.5. The molecule has 1 heterocycles. The van der Waals surface area contributed by atoms with Crippen molar-refractivity contribution in [1.82, 2.24) is 4.98 Å². The summed E-state index contributed by atoms with van der Waals surface area (Å²) in [6.45, 7) is 3.92. The van der Waals surface area contributed by atoms with Crippen LogP contribution in [0.2, 0.25) is 0 Å². The van der Waals surface area contributed by atoms with Crippen molar-refractivity contribution in [2.45, 2.75) is 13.8 Å². The van der Waals surface area contributed by atoms with Gasteiger partial charge in [0.15, 0.2) is 0 Å². The van der Waals surface area contributed by atoms with E-state index in [9.17, 15) is 4.79 Å². The Morgan fingerprint density at radius 2 is 2.00 bits per heavy atom. The van der Waals surface area contributed by atoms with Crippen molar-refractivity contribution in [3.8, 4) is 11.6 Å². The third-order valence-corrected chi connectivity index (χ3v) is 2.54. The summed E-state index contributed by atoms with van der Waals surface area (Å²) in [7, 11) is 0. The summed E-state index contributed by atoms with van der Waals surface area (Å²) in [6.07, 6.45) is 1.28. The first-order valence-electron chi connectivity index (χ1n) is 5.51. The van der Waals surface area contributed by atoms with Crippen LogP contribution in [0.15, 0.2) is 36.5 Å². The van der Waals surface area contributed by atoms with Crippen molar-refractivity contribution >= 4 is 5.97 Å². The maximum Gasteiger partial charge on any atom is 0.337 e. The van der Waals surface area contributed by atoms with E-state index in [2.05, 4.69) is 4.98 Å². The van der Waals surface area contributed by atoms with E-state index in [1.54, 1.807) is 6.07 Å². The molecule has 0 spiro atoms. The number of carboxylic acid groups (broad SMARTS) is 1. The molecule has 0 amide bonds. The minimum atomic E-state index is -0.999. The molecule has 0 saturated heterocycles. The molecule has 2 aromatic rings. The predicted molar refractivity (Wildman–Crippen MR) is 67.2 cm³/mol. The Morgan fingerprint density at radius 1 is 1.22 bits per heavy atom. The zero-order chi connectivity index (χ0) is 13.1. The fourth-order valence-electron chi connectivity index (χ4n) is 1.50. The number of pyridine rings is 1. The number of carboxylic acids is 1. The summed E-state index contributed by atoms with van der Waals surface area (Å²) in [5, 5.41) is 8.77. The number of nitrogens with zero attached hydrogens (tertiary/aromatic N) is 1. The van der Waals surface area contributed by atoms with E-state index in [0.29, 0.717) is 5.88 Å². The zero-order valence-electron chi connectivity index (χ0n) is 10.2. The predicted octanol–water partition coefficient (Wildman–Crippen LogP) is 3.19. The molecule has 92 valence electrons. The Hall–Kier alpha value is -2.36. The molecule has 1 aromatic carbocycles. The number of aromatic nitrogens is 1. The highest BCUT2D eigenvalue weighted by Crippen LogP contribution is 2.24. The van der Waals surface area contributed by atoms with Gasteiger partial charge in [0.25, 0.3) is 0 Å². The van der Waals surface area contributed by atoms with E-state index < -0.39 is 5.97 Å². The second-order valence-corrected chi connectivity index (χ2v) is 4.06. The summed E-state index contributed by atoms with van der Waals surface area (Å²) in [4.78, 5) is 14.7. The van der Waals surface area contributed by atoms with Crippen LogP contribution in [0, 0.1) is 13.8 Å². The molecular formula is C14H13NO3. The summed E-state index contributed by atoms with van der Waals surface area (Å²) >= 11 is 0. The van der Waals surface area contributed by atoms with Crippen molar-refractivity contribution in [3.05, 3.63) is 53.2 Å². The van der Waals surface area contributed by atoms with E-state index in [0.717, 1.165) is 16.9 Å². The SMILES string of the molecule is Cc1ccc(C)c(Oc2ccc(C(=O)O)cn2)c1. The van der Waals surface area contributed by atoms with Crippen molar-refractivity contribution in [2.24, 2.45) is 0 Å². The van der Waals surface area contributed by atoms with Crippen LogP contribution < -0.4 is 4.74 Å². The molecule has 0 unspecified atom stereocenters. The molecule has 0 atom stereocenters. The van der Waals surface area contributed by atoms with Gasteiger partial charge in [0, 0.05) is 12.3 Å². The van der Waals surface area contributed by atoms with E-state index >= 15 is 0 Å². The van der Waals surface area contributed by atoms with Gasteiger partial charge >= 0.3 is 5.97 Å². The molecule has 0 aliphatic rings. The van der Waals surface area contributed by atoms with Crippen molar-refractivity contribution in [1.29, 1.82) is 0 Å². The van der Waals surface area contributed by atoms with Gasteiger partial charge in [0.1, 0.15) is 5.75 Å². The monoisotopic (exact) mass is 243 g/mol. The number of ether oxygens (including phenoxy) is 1. The average molecular weight is 243 g/mol. The molecule has 4 nitrogen and oxygen atoms in total. The molecule has 18 heavy (non-hydrogen) atoms. The molecular weight excluding hydrogens is 230 g/mol. The Labute approximate surface area is 105 Å². The van der Waals surface area contributed by atoms with E-state index in [1.807, 2.05) is 32.0 Å². The molecule has 0 aliphatic carbocycles. The minimum Gasteiger partial charge on any atom is -0.478 e. The van der Waals surface area contributed by atoms with Crippen LogP contribution in [0.25, 0.3) is 0 Å². The molecule has 0 saturated carbocycles. The smallest absolute Gasteiger partial charge is 0.337 e. The second-order valence-electron chi connectivity index (χ2n) is 4.06. The fourth-order valence-corrected chi connectivity index (χ4v) is 1.50.